The maximum atomic E-state index is 11.7. The molecule has 0 radical (unpaired) electrons. The van der Waals surface area contributed by atoms with E-state index in [-0.39, 0.29) is 11.5 Å². The van der Waals surface area contributed by atoms with Crippen LogP contribution in [0.1, 0.15) is 16.7 Å². The Hall–Kier alpha value is -3.61. The molecule has 0 atom stereocenters. The number of rotatable bonds is 6. The summed E-state index contributed by atoms with van der Waals surface area (Å²) in [5.41, 5.74) is 13.8. The summed E-state index contributed by atoms with van der Waals surface area (Å²) < 4.78 is 0. The zero-order valence-electron chi connectivity index (χ0n) is 13.6. The van der Waals surface area contributed by atoms with Crippen molar-refractivity contribution in [1.82, 2.24) is 0 Å². The molecule has 7 nitrogen and oxygen atoms in total. The molecule has 1 amide bonds. The molecule has 25 heavy (non-hydrogen) atoms. The third-order valence-electron chi connectivity index (χ3n) is 3.54. The largest absolute Gasteiger partial charge is 0.478 e. The Balaban J connectivity index is 2.54. The summed E-state index contributed by atoms with van der Waals surface area (Å²) >= 11 is 0. The molecule has 0 aliphatic heterocycles. The van der Waals surface area contributed by atoms with Gasteiger partial charge in [-0.25, -0.2) is 9.79 Å². The van der Waals surface area contributed by atoms with E-state index in [0.717, 1.165) is 5.56 Å². The summed E-state index contributed by atoms with van der Waals surface area (Å²) in [5, 5.41) is 12.2. The molecule has 0 saturated carbocycles. The number of carbonyl (C=O) groups excluding carboxylic acids is 1. The van der Waals surface area contributed by atoms with E-state index in [1.807, 2.05) is 0 Å². The number of amides is 1. The van der Waals surface area contributed by atoms with Gasteiger partial charge in [-0.3, -0.25) is 4.79 Å². The van der Waals surface area contributed by atoms with E-state index in [2.05, 4.69) is 10.3 Å². The van der Waals surface area contributed by atoms with Crippen LogP contribution < -0.4 is 16.8 Å². The number of hydrogen-bond acceptors (Lipinski definition) is 3. The number of aliphatic imine (C=N–C) groups is 1. The molecule has 0 bridgehead atoms. The van der Waals surface area contributed by atoms with E-state index in [4.69, 9.17) is 11.5 Å². The van der Waals surface area contributed by atoms with Crippen LogP contribution in [0.15, 0.2) is 47.5 Å². The highest BCUT2D eigenvalue weighted by atomic mass is 16.4. The first-order chi connectivity index (χ1) is 11.9. The average Bonchev–Trinajstić information content (AvgIpc) is 2.55. The molecule has 0 heterocycles. The number of anilines is 1. The number of guanidine groups is 1. The highest BCUT2D eigenvalue weighted by Crippen LogP contribution is 2.26. The molecular weight excluding hydrogens is 320 g/mol. The summed E-state index contributed by atoms with van der Waals surface area (Å²) in [6, 6.07) is 11.8. The first-order valence-corrected chi connectivity index (χ1v) is 7.37. The number of nitrogens with two attached hydrogens (primary N) is 2. The Morgan fingerprint density at radius 1 is 1.20 bits per heavy atom. The third kappa shape index (κ3) is 4.44. The number of carboxylic acid groups (broad SMARTS) is 1. The number of nitrogens with zero attached hydrogens (tertiary/aromatic N) is 1. The van der Waals surface area contributed by atoms with Crippen molar-refractivity contribution in [2.75, 3.05) is 5.32 Å². The zero-order chi connectivity index (χ0) is 18.4. The Kier molecular flexibility index (Phi) is 5.52. The highest BCUT2D eigenvalue weighted by molar-refractivity contribution is 6.21. The molecule has 2 aromatic rings. The van der Waals surface area contributed by atoms with E-state index >= 15 is 0 Å². The molecule has 2 rings (SSSR count). The normalized spacial score (nSPS) is 10.8. The molecule has 7 heteroatoms. The molecule has 2 aromatic carbocycles. The van der Waals surface area contributed by atoms with Crippen molar-refractivity contribution in [3.8, 4) is 0 Å². The Morgan fingerprint density at radius 3 is 2.56 bits per heavy atom. The summed E-state index contributed by atoms with van der Waals surface area (Å²) in [6.07, 6.45) is 2.12. The number of carboxylic acids is 1. The molecular formula is C18H18N4O3. The third-order valence-corrected chi connectivity index (χ3v) is 3.54. The molecule has 6 N–H and O–H groups in total. The van der Waals surface area contributed by atoms with Gasteiger partial charge in [-0.15, -0.1) is 0 Å². The van der Waals surface area contributed by atoms with E-state index in [1.54, 1.807) is 55.5 Å². The van der Waals surface area contributed by atoms with Gasteiger partial charge < -0.3 is 21.9 Å². The summed E-state index contributed by atoms with van der Waals surface area (Å²) in [5.74, 6) is -1.20. The maximum Gasteiger partial charge on any atom is 0.336 e. The summed E-state index contributed by atoms with van der Waals surface area (Å²) in [6.45, 7) is 1.80. The monoisotopic (exact) mass is 338 g/mol. The SMILES string of the molecule is Cc1c(C=C(C(=O)O)c2cccc(N=C(N)N)c2)cccc1NC=O. The first-order valence-electron chi connectivity index (χ1n) is 7.37. The fourth-order valence-corrected chi connectivity index (χ4v) is 2.35. The van der Waals surface area contributed by atoms with Crippen molar-refractivity contribution in [1.29, 1.82) is 0 Å². The van der Waals surface area contributed by atoms with Crippen molar-refractivity contribution in [2.45, 2.75) is 6.92 Å². The number of nitrogens with one attached hydrogen (secondary N) is 1. The summed E-state index contributed by atoms with van der Waals surface area (Å²) in [7, 11) is 0. The average molecular weight is 338 g/mol. The lowest BCUT2D eigenvalue weighted by Crippen LogP contribution is -2.21. The quantitative estimate of drug-likeness (QED) is 0.211. The lowest BCUT2D eigenvalue weighted by Gasteiger charge is -2.09. The van der Waals surface area contributed by atoms with Gasteiger partial charge in [0.25, 0.3) is 0 Å². The molecule has 128 valence electrons. The fraction of sp³-hybridized carbons (Fsp3) is 0.0556. The predicted molar refractivity (Wildman–Crippen MR) is 98.3 cm³/mol. The summed E-state index contributed by atoms with van der Waals surface area (Å²) in [4.78, 5) is 26.3. The molecule has 0 fully saturated rings. The molecule has 0 spiro atoms. The van der Waals surface area contributed by atoms with Gasteiger partial charge in [-0.1, -0.05) is 24.3 Å². The van der Waals surface area contributed by atoms with Crippen LogP contribution in [0, 0.1) is 6.92 Å². The van der Waals surface area contributed by atoms with Crippen LogP contribution >= 0.6 is 0 Å². The van der Waals surface area contributed by atoms with Gasteiger partial charge >= 0.3 is 5.97 Å². The van der Waals surface area contributed by atoms with E-state index in [0.29, 0.717) is 28.9 Å². The maximum absolute atomic E-state index is 11.7. The van der Waals surface area contributed by atoms with Crippen LogP contribution in [-0.4, -0.2) is 23.4 Å². The molecule has 0 aliphatic rings. The van der Waals surface area contributed by atoms with Gasteiger partial charge in [0.2, 0.25) is 6.41 Å². The van der Waals surface area contributed by atoms with E-state index in [9.17, 15) is 14.7 Å². The lowest BCUT2D eigenvalue weighted by molar-refractivity contribution is -0.130. The zero-order valence-corrected chi connectivity index (χ0v) is 13.6. The lowest BCUT2D eigenvalue weighted by atomic mass is 9.99. The van der Waals surface area contributed by atoms with Gasteiger partial charge in [0, 0.05) is 5.69 Å². The van der Waals surface area contributed by atoms with Gasteiger partial charge in [0.1, 0.15) is 0 Å². The van der Waals surface area contributed by atoms with Crippen LogP contribution in [0.4, 0.5) is 11.4 Å². The molecule has 0 aromatic heterocycles. The van der Waals surface area contributed by atoms with Crippen LogP contribution in [0.25, 0.3) is 11.6 Å². The van der Waals surface area contributed by atoms with E-state index < -0.39 is 5.97 Å². The van der Waals surface area contributed by atoms with Crippen molar-refractivity contribution in [2.24, 2.45) is 16.5 Å². The van der Waals surface area contributed by atoms with Gasteiger partial charge in [-0.2, -0.15) is 0 Å². The second-order valence-corrected chi connectivity index (χ2v) is 5.23. The number of carbonyl (C=O) groups is 2. The first kappa shape index (κ1) is 17.7. The fourth-order valence-electron chi connectivity index (χ4n) is 2.35. The van der Waals surface area contributed by atoms with Gasteiger partial charge in [0.05, 0.1) is 11.3 Å². The van der Waals surface area contributed by atoms with Crippen LogP contribution in [-0.2, 0) is 9.59 Å². The number of hydrogen-bond donors (Lipinski definition) is 4. The Labute approximate surface area is 144 Å². The molecule has 0 saturated heterocycles. The minimum Gasteiger partial charge on any atom is -0.478 e. The van der Waals surface area contributed by atoms with Crippen molar-refractivity contribution >= 4 is 41.4 Å². The van der Waals surface area contributed by atoms with E-state index in [1.165, 1.54) is 0 Å². The molecule has 0 unspecified atom stereocenters. The van der Waals surface area contributed by atoms with Crippen LogP contribution in [0.5, 0.6) is 0 Å². The van der Waals surface area contributed by atoms with Crippen molar-refractivity contribution < 1.29 is 14.7 Å². The smallest absolute Gasteiger partial charge is 0.336 e. The molecule has 0 aliphatic carbocycles. The van der Waals surface area contributed by atoms with Crippen molar-refractivity contribution in [3.05, 3.63) is 59.2 Å². The predicted octanol–water partition coefficient (Wildman–Crippen LogP) is 2.09. The second-order valence-electron chi connectivity index (χ2n) is 5.23. The second kappa shape index (κ2) is 7.78. The minimum absolute atomic E-state index is 0.0824. The number of benzene rings is 2. The van der Waals surface area contributed by atoms with Crippen LogP contribution in [0.3, 0.4) is 0 Å². The van der Waals surface area contributed by atoms with Gasteiger partial charge in [-0.05, 0) is 47.9 Å². The topological polar surface area (TPSA) is 131 Å². The standard InChI is InChI=1S/C18H18N4O3/c1-11-12(4-3-7-16(11)21-10-23)9-15(17(24)25)13-5-2-6-14(8-13)22-18(19)20/h2-10H,1H3,(H,21,23)(H,24,25)(H4,19,20,22). The Morgan fingerprint density at radius 2 is 1.92 bits per heavy atom. The Bertz CT molecular complexity index is 868. The highest BCUT2D eigenvalue weighted by Gasteiger charge is 2.12. The number of aliphatic carboxylic acids is 1. The van der Waals surface area contributed by atoms with Crippen molar-refractivity contribution in [3.63, 3.8) is 0 Å². The minimum atomic E-state index is -1.09. The van der Waals surface area contributed by atoms with Gasteiger partial charge in [0.15, 0.2) is 5.96 Å². The van der Waals surface area contributed by atoms with Crippen LogP contribution in [0.2, 0.25) is 0 Å².